The number of hydrogen-bond acceptors (Lipinski definition) is 2. The number of thiophene rings is 1. The molecule has 0 amide bonds. The SMILES string of the molecule is CCNC(c1cccc(C)c1)c1scc(C)c1Cl. The molecule has 3 heteroatoms. The fourth-order valence-corrected chi connectivity index (χ4v) is 3.46. The smallest absolute Gasteiger partial charge is 0.0686 e. The van der Waals surface area contributed by atoms with Gasteiger partial charge in [0.05, 0.1) is 11.1 Å². The van der Waals surface area contributed by atoms with Crippen molar-refractivity contribution in [3.05, 3.63) is 56.2 Å². The van der Waals surface area contributed by atoms with Gasteiger partial charge in [0.15, 0.2) is 0 Å². The van der Waals surface area contributed by atoms with Crippen LogP contribution in [0.1, 0.15) is 34.5 Å². The van der Waals surface area contributed by atoms with E-state index in [-0.39, 0.29) is 6.04 Å². The monoisotopic (exact) mass is 279 g/mol. The van der Waals surface area contributed by atoms with Gasteiger partial charge in [-0.3, -0.25) is 0 Å². The van der Waals surface area contributed by atoms with E-state index in [0.29, 0.717) is 0 Å². The fourth-order valence-electron chi connectivity index (χ4n) is 2.06. The molecule has 96 valence electrons. The Hall–Kier alpha value is -0.830. The van der Waals surface area contributed by atoms with Crippen LogP contribution in [0.25, 0.3) is 0 Å². The van der Waals surface area contributed by atoms with Crippen LogP contribution in [-0.4, -0.2) is 6.54 Å². The number of benzene rings is 1. The van der Waals surface area contributed by atoms with Crippen LogP contribution in [0.3, 0.4) is 0 Å². The summed E-state index contributed by atoms with van der Waals surface area (Å²) in [6, 6.07) is 8.79. The second-order valence-electron chi connectivity index (χ2n) is 4.50. The van der Waals surface area contributed by atoms with Crippen molar-refractivity contribution in [3.8, 4) is 0 Å². The van der Waals surface area contributed by atoms with Crippen molar-refractivity contribution in [1.29, 1.82) is 0 Å². The molecule has 2 rings (SSSR count). The zero-order chi connectivity index (χ0) is 13.1. The highest BCUT2D eigenvalue weighted by Gasteiger charge is 2.19. The van der Waals surface area contributed by atoms with E-state index >= 15 is 0 Å². The van der Waals surface area contributed by atoms with Gasteiger partial charge in [-0.25, -0.2) is 0 Å². The summed E-state index contributed by atoms with van der Waals surface area (Å²) < 4.78 is 0. The summed E-state index contributed by atoms with van der Waals surface area (Å²) >= 11 is 8.13. The van der Waals surface area contributed by atoms with Crippen LogP contribution in [0, 0.1) is 13.8 Å². The molecule has 0 fully saturated rings. The molecule has 1 aromatic heterocycles. The van der Waals surface area contributed by atoms with Gasteiger partial charge in [0, 0.05) is 4.88 Å². The van der Waals surface area contributed by atoms with Gasteiger partial charge >= 0.3 is 0 Å². The van der Waals surface area contributed by atoms with Crippen molar-refractivity contribution >= 4 is 22.9 Å². The molecular formula is C15H18ClNS. The molecule has 18 heavy (non-hydrogen) atoms. The van der Waals surface area contributed by atoms with E-state index in [4.69, 9.17) is 11.6 Å². The summed E-state index contributed by atoms with van der Waals surface area (Å²) in [5.41, 5.74) is 3.72. The van der Waals surface area contributed by atoms with Crippen molar-refractivity contribution in [2.75, 3.05) is 6.54 Å². The molecule has 1 atom stereocenters. The van der Waals surface area contributed by atoms with E-state index in [1.54, 1.807) is 11.3 Å². The Kier molecular flexibility index (Phi) is 4.44. The summed E-state index contributed by atoms with van der Waals surface area (Å²) in [6.45, 7) is 7.22. The van der Waals surface area contributed by atoms with Crippen molar-refractivity contribution < 1.29 is 0 Å². The van der Waals surface area contributed by atoms with Crippen LogP contribution >= 0.6 is 22.9 Å². The van der Waals surface area contributed by atoms with E-state index in [2.05, 4.69) is 55.7 Å². The van der Waals surface area contributed by atoms with Crippen molar-refractivity contribution in [2.24, 2.45) is 0 Å². The molecule has 1 nitrogen and oxygen atoms in total. The molecule has 0 saturated heterocycles. The summed E-state index contributed by atoms with van der Waals surface area (Å²) in [5, 5.41) is 6.54. The average Bonchev–Trinajstić information content (AvgIpc) is 2.67. The Labute approximate surface area is 118 Å². The lowest BCUT2D eigenvalue weighted by atomic mass is 10.0. The zero-order valence-corrected chi connectivity index (χ0v) is 12.5. The largest absolute Gasteiger partial charge is 0.306 e. The minimum absolute atomic E-state index is 0.195. The third-order valence-corrected chi connectivity index (χ3v) is 4.75. The predicted molar refractivity (Wildman–Crippen MR) is 80.8 cm³/mol. The van der Waals surface area contributed by atoms with Gasteiger partial charge in [0.25, 0.3) is 0 Å². The van der Waals surface area contributed by atoms with E-state index in [0.717, 1.165) is 17.1 Å². The molecular weight excluding hydrogens is 262 g/mol. The normalized spacial score (nSPS) is 12.7. The topological polar surface area (TPSA) is 12.0 Å². The molecule has 1 unspecified atom stereocenters. The van der Waals surface area contributed by atoms with Gasteiger partial charge in [-0.2, -0.15) is 0 Å². The Bertz CT molecular complexity index is 533. The second-order valence-corrected chi connectivity index (χ2v) is 5.79. The molecule has 1 aromatic carbocycles. The zero-order valence-electron chi connectivity index (χ0n) is 11.0. The maximum Gasteiger partial charge on any atom is 0.0686 e. The highest BCUT2D eigenvalue weighted by Crippen LogP contribution is 2.35. The van der Waals surface area contributed by atoms with Gasteiger partial charge in [-0.15, -0.1) is 11.3 Å². The van der Waals surface area contributed by atoms with Crippen molar-refractivity contribution in [3.63, 3.8) is 0 Å². The fraction of sp³-hybridized carbons (Fsp3) is 0.333. The first-order valence-electron chi connectivity index (χ1n) is 6.17. The molecule has 0 aliphatic rings. The Balaban J connectivity index is 2.43. The van der Waals surface area contributed by atoms with Gasteiger partial charge < -0.3 is 5.32 Å². The first kappa shape index (κ1) is 13.6. The number of hydrogen-bond donors (Lipinski definition) is 1. The summed E-state index contributed by atoms with van der Waals surface area (Å²) in [5.74, 6) is 0. The van der Waals surface area contributed by atoms with Crippen LogP contribution in [0.2, 0.25) is 5.02 Å². The highest BCUT2D eigenvalue weighted by atomic mass is 35.5. The number of aryl methyl sites for hydroxylation is 2. The lowest BCUT2D eigenvalue weighted by Crippen LogP contribution is -2.21. The van der Waals surface area contributed by atoms with E-state index in [1.165, 1.54) is 16.0 Å². The first-order chi connectivity index (χ1) is 8.63. The number of rotatable bonds is 4. The average molecular weight is 280 g/mol. The molecule has 1 N–H and O–H groups in total. The van der Waals surface area contributed by atoms with Gasteiger partial charge in [-0.1, -0.05) is 48.4 Å². The summed E-state index contributed by atoms with van der Waals surface area (Å²) in [4.78, 5) is 1.21. The molecule has 0 aliphatic heterocycles. The number of halogens is 1. The lowest BCUT2D eigenvalue weighted by molar-refractivity contribution is 0.639. The maximum absolute atomic E-state index is 6.40. The van der Waals surface area contributed by atoms with Gasteiger partial charge in [-0.05, 0) is 36.9 Å². The Morgan fingerprint density at radius 2 is 2.11 bits per heavy atom. The maximum atomic E-state index is 6.40. The van der Waals surface area contributed by atoms with Crippen LogP contribution in [0.15, 0.2) is 29.6 Å². The van der Waals surface area contributed by atoms with Crippen LogP contribution in [-0.2, 0) is 0 Å². The standard InChI is InChI=1S/C15H18ClNS/c1-4-17-14(12-7-5-6-10(2)8-12)15-13(16)11(3)9-18-15/h5-9,14,17H,4H2,1-3H3. The second kappa shape index (κ2) is 5.87. The van der Waals surface area contributed by atoms with Gasteiger partial charge in [0.2, 0.25) is 0 Å². The molecule has 0 spiro atoms. The molecule has 0 saturated carbocycles. The van der Waals surface area contributed by atoms with Crippen molar-refractivity contribution in [1.82, 2.24) is 5.32 Å². The molecule has 0 aliphatic carbocycles. The molecule has 0 bridgehead atoms. The number of nitrogens with one attached hydrogen (secondary N) is 1. The highest BCUT2D eigenvalue weighted by molar-refractivity contribution is 7.10. The van der Waals surface area contributed by atoms with Crippen molar-refractivity contribution in [2.45, 2.75) is 26.8 Å². The van der Waals surface area contributed by atoms with E-state index in [1.807, 2.05) is 0 Å². The minimum Gasteiger partial charge on any atom is -0.306 e. The Morgan fingerprint density at radius 3 is 2.67 bits per heavy atom. The predicted octanol–water partition coefficient (Wildman–Crippen LogP) is 4.72. The summed E-state index contributed by atoms with van der Waals surface area (Å²) in [6.07, 6.45) is 0. The van der Waals surface area contributed by atoms with E-state index < -0.39 is 0 Å². The quantitative estimate of drug-likeness (QED) is 0.854. The first-order valence-corrected chi connectivity index (χ1v) is 7.42. The molecule has 1 heterocycles. The van der Waals surface area contributed by atoms with Gasteiger partial charge in [0.1, 0.15) is 0 Å². The Morgan fingerprint density at radius 1 is 1.33 bits per heavy atom. The summed E-state index contributed by atoms with van der Waals surface area (Å²) in [7, 11) is 0. The van der Waals surface area contributed by atoms with Crippen LogP contribution in [0.4, 0.5) is 0 Å². The molecule has 2 aromatic rings. The van der Waals surface area contributed by atoms with Crippen LogP contribution < -0.4 is 5.32 Å². The minimum atomic E-state index is 0.195. The third-order valence-electron chi connectivity index (χ3n) is 2.97. The van der Waals surface area contributed by atoms with Crippen LogP contribution in [0.5, 0.6) is 0 Å². The molecule has 0 radical (unpaired) electrons. The third kappa shape index (κ3) is 2.77. The lowest BCUT2D eigenvalue weighted by Gasteiger charge is -2.18. The van der Waals surface area contributed by atoms with E-state index in [9.17, 15) is 0 Å².